The quantitative estimate of drug-likeness (QED) is 0.860. The lowest BCUT2D eigenvalue weighted by Crippen LogP contribution is -2.24. The van der Waals surface area contributed by atoms with Crippen molar-refractivity contribution in [1.29, 1.82) is 0 Å². The Balaban J connectivity index is 0.00000133. The molecule has 3 rings (SSSR count). The van der Waals surface area contributed by atoms with Gasteiger partial charge in [0.25, 0.3) is 0 Å². The van der Waals surface area contributed by atoms with Crippen LogP contribution in [0.4, 0.5) is 0 Å². The minimum absolute atomic E-state index is 0. The third-order valence-electron chi connectivity index (χ3n) is 4.04. The summed E-state index contributed by atoms with van der Waals surface area (Å²) >= 11 is 0. The average molecular weight is 274 g/mol. The van der Waals surface area contributed by atoms with Crippen molar-refractivity contribution in [2.24, 2.45) is 0 Å². The molecule has 0 spiro atoms. The molecular formula is C17H20ClN. The minimum atomic E-state index is 0. The molecule has 0 saturated carbocycles. The molecule has 1 aliphatic carbocycles. The van der Waals surface area contributed by atoms with Crippen molar-refractivity contribution in [2.45, 2.75) is 24.8 Å². The van der Waals surface area contributed by atoms with E-state index in [0.717, 1.165) is 0 Å². The maximum Gasteiger partial charge on any atom is 0.0320 e. The van der Waals surface area contributed by atoms with E-state index in [9.17, 15) is 0 Å². The second kappa shape index (κ2) is 6.23. The normalized spacial score (nSPS) is 21.3. The van der Waals surface area contributed by atoms with Gasteiger partial charge in [0.1, 0.15) is 0 Å². The Bertz CT molecular complexity index is 524. The summed E-state index contributed by atoms with van der Waals surface area (Å²) in [7, 11) is 2.06. The maximum atomic E-state index is 3.43. The van der Waals surface area contributed by atoms with E-state index in [-0.39, 0.29) is 12.4 Å². The van der Waals surface area contributed by atoms with Crippen LogP contribution in [0.2, 0.25) is 0 Å². The van der Waals surface area contributed by atoms with Crippen LogP contribution in [0.3, 0.4) is 0 Å². The fraction of sp³-hybridized carbons (Fsp3) is 0.294. The first-order chi connectivity index (χ1) is 8.90. The van der Waals surface area contributed by atoms with Crippen molar-refractivity contribution < 1.29 is 0 Å². The van der Waals surface area contributed by atoms with Gasteiger partial charge in [0.15, 0.2) is 0 Å². The molecular weight excluding hydrogens is 254 g/mol. The van der Waals surface area contributed by atoms with Gasteiger partial charge < -0.3 is 5.32 Å². The Kier molecular flexibility index (Phi) is 4.62. The monoisotopic (exact) mass is 273 g/mol. The van der Waals surface area contributed by atoms with E-state index < -0.39 is 0 Å². The largest absolute Gasteiger partial charge is 0.313 e. The summed E-state index contributed by atoms with van der Waals surface area (Å²) in [5.41, 5.74) is 4.41. The fourth-order valence-corrected chi connectivity index (χ4v) is 3.12. The first kappa shape index (κ1) is 14.1. The summed E-state index contributed by atoms with van der Waals surface area (Å²) in [6, 6.07) is 20.3. The summed E-state index contributed by atoms with van der Waals surface area (Å²) in [5.74, 6) is 0.562. The molecule has 1 aliphatic rings. The molecule has 0 bridgehead atoms. The van der Waals surface area contributed by atoms with Crippen LogP contribution in [-0.4, -0.2) is 7.05 Å². The zero-order chi connectivity index (χ0) is 12.4. The summed E-state index contributed by atoms with van der Waals surface area (Å²) in [6.07, 6.45) is 2.44. The maximum absolute atomic E-state index is 3.43. The molecule has 19 heavy (non-hydrogen) atoms. The molecule has 2 aromatic carbocycles. The third kappa shape index (κ3) is 2.68. The first-order valence-corrected chi connectivity index (χ1v) is 6.71. The SMILES string of the molecule is CN[C@@H]1CC[C@@H](c2ccccc2)c2ccccc21.Cl. The number of nitrogens with one attached hydrogen (secondary N) is 1. The van der Waals surface area contributed by atoms with Crippen molar-refractivity contribution >= 4 is 12.4 Å². The second-order valence-corrected chi connectivity index (χ2v) is 5.01. The third-order valence-corrected chi connectivity index (χ3v) is 4.04. The highest BCUT2D eigenvalue weighted by molar-refractivity contribution is 5.85. The lowest BCUT2D eigenvalue weighted by Gasteiger charge is -2.31. The first-order valence-electron chi connectivity index (χ1n) is 6.71. The van der Waals surface area contributed by atoms with Crippen LogP contribution in [0.25, 0.3) is 0 Å². The molecule has 100 valence electrons. The number of hydrogen-bond donors (Lipinski definition) is 1. The predicted octanol–water partition coefficient (Wildman–Crippen LogP) is 4.29. The Hall–Kier alpha value is -1.31. The molecule has 2 atom stereocenters. The van der Waals surface area contributed by atoms with E-state index in [1.807, 2.05) is 0 Å². The highest BCUT2D eigenvalue weighted by Gasteiger charge is 2.26. The van der Waals surface area contributed by atoms with E-state index in [0.29, 0.717) is 12.0 Å². The predicted molar refractivity (Wildman–Crippen MR) is 83.0 cm³/mol. The summed E-state index contributed by atoms with van der Waals surface area (Å²) in [6.45, 7) is 0. The second-order valence-electron chi connectivity index (χ2n) is 5.01. The lowest BCUT2D eigenvalue weighted by atomic mass is 9.77. The van der Waals surface area contributed by atoms with Gasteiger partial charge in [-0.1, -0.05) is 54.6 Å². The van der Waals surface area contributed by atoms with Crippen molar-refractivity contribution in [3.05, 3.63) is 71.3 Å². The van der Waals surface area contributed by atoms with Crippen molar-refractivity contribution in [2.75, 3.05) is 7.05 Å². The van der Waals surface area contributed by atoms with Gasteiger partial charge in [-0.25, -0.2) is 0 Å². The molecule has 0 aromatic heterocycles. The number of halogens is 1. The van der Waals surface area contributed by atoms with Gasteiger partial charge in [-0.15, -0.1) is 12.4 Å². The van der Waals surface area contributed by atoms with Crippen LogP contribution in [0.5, 0.6) is 0 Å². The molecule has 2 aromatic rings. The van der Waals surface area contributed by atoms with Gasteiger partial charge in [0.05, 0.1) is 0 Å². The van der Waals surface area contributed by atoms with Crippen molar-refractivity contribution in [3.8, 4) is 0 Å². The van der Waals surface area contributed by atoms with Gasteiger partial charge >= 0.3 is 0 Å². The standard InChI is InChI=1S/C17H19N.ClH/c1-18-17-12-11-14(13-7-3-2-4-8-13)15-9-5-6-10-16(15)17;/h2-10,14,17-18H,11-12H2,1H3;1H/t14-,17+;/m0./s1. The van der Waals surface area contributed by atoms with Gasteiger partial charge in [-0.3, -0.25) is 0 Å². The lowest BCUT2D eigenvalue weighted by molar-refractivity contribution is 0.471. The fourth-order valence-electron chi connectivity index (χ4n) is 3.12. The highest BCUT2D eigenvalue weighted by Crippen LogP contribution is 2.40. The molecule has 2 heteroatoms. The van der Waals surface area contributed by atoms with E-state index in [2.05, 4.69) is 67.0 Å². The van der Waals surface area contributed by atoms with Gasteiger partial charge in [0.2, 0.25) is 0 Å². The molecule has 0 fully saturated rings. The topological polar surface area (TPSA) is 12.0 Å². The van der Waals surface area contributed by atoms with Crippen LogP contribution in [0.1, 0.15) is 41.5 Å². The number of rotatable bonds is 2. The molecule has 0 heterocycles. The number of benzene rings is 2. The Morgan fingerprint density at radius 1 is 0.842 bits per heavy atom. The van der Waals surface area contributed by atoms with Gasteiger partial charge in [-0.05, 0) is 36.6 Å². The summed E-state index contributed by atoms with van der Waals surface area (Å²) in [5, 5.41) is 3.43. The van der Waals surface area contributed by atoms with Crippen LogP contribution < -0.4 is 5.32 Å². The van der Waals surface area contributed by atoms with E-state index >= 15 is 0 Å². The smallest absolute Gasteiger partial charge is 0.0320 e. The molecule has 0 aliphatic heterocycles. The number of fused-ring (bicyclic) bond motifs is 1. The average Bonchev–Trinajstić information content (AvgIpc) is 2.47. The Morgan fingerprint density at radius 3 is 2.16 bits per heavy atom. The number of hydrogen-bond acceptors (Lipinski definition) is 1. The molecule has 1 nitrogen and oxygen atoms in total. The summed E-state index contributed by atoms with van der Waals surface area (Å²) < 4.78 is 0. The van der Waals surface area contributed by atoms with Crippen LogP contribution in [0.15, 0.2) is 54.6 Å². The van der Waals surface area contributed by atoms with Gasteiger partial charge in [0, 0.05) is 12.0 Å². The van der Waals surface area contributed by atoms with Crippen LogP contribution in [0, 0.1) is 0 Å². The zero-order valence-electron chi connectivity index (χ0n) is 11.2. The van der Waals surface area contributed by atoms with E-state index in [1.54, 1.807) is 0 Å². The molecule has 0 amide bonds. The van der Waals surface area contributed by atoms with Crippen LogP contribution >= 0.6 is 12.4 Å². The minimum Gasteiger partial charge on any atom is -0.313 e. The molecule has 0 unspecified atom stereocenters. The molecule has 0 saturated heterocycles. The van der Waals surface area contributed by atoms with Crippen molar-refractivity contribution in [1.82, 2.24) is 5.32 Å². The Labute approximate surface area is 121 Å². The van der Waals surface area contributed by atoms with Gasteiger partial charge in [-0.2, -0.15) is 0 Å². The molecule has 0 radical (unpaired) electrons. The molecule has 1 N–H and O–H groups in total. The van der Waals surface area contributed by atoms with E-state index in [4.69, 9.17) is 0 Å². The Morgan fingerprint density at radius 2 is 1.47 bits per heavy atom. The zero-order valence-corrected chi connectivity index (χ0v) is 12.0. The van der Waals surface area contributed by atoms with Crippen LogP contribution in [-0.2, 0) is 0 Å². The summed E-state index contributed by atoms with van der Waals surface area (Å²) in [4.78, 5) is 0. The van der Waals surface area contributed by atoms with Crippen molar-refractivity contribution in [3.63, 3.8) is 0 Å². The van der Waals surface area contributed by atoms with E-state index in [1.165, 1.54) is 29.5 Å². The highest BCUT2D eigenvalue weighted by atomic mass is 35.5.